The van der Waals surface area contributed by atoms with E-state index in [-0.39, 0.29) is 0 Å². The van der Waals surface area contributed by atoms with Crippen LogP contribution in [0.3, 0.4) is 0 Å². The summed E-state index contributed by atoms with van der Waals surface area (Å²) in [6.07, 6.45) is 3.75. The molecule has 0 radical (unpaired) electrons. The van der Waals surface area contributed by atoms with E-state index in [1.165, 1.54) is 11.1 Å². The average molecular weight is 429 g/mol. The zero-order valence-electron chi connectivity index (χ0n) is 18.4. The Hall–Kier alpha value is -4.31. The van der Waals surface area contributed by atoms with Gasteiger partial charge in [0, 0.05) is 41.7 Å². The normalized spacial score (nSPS) is 10.7. The van der Waals surface area contributed by atoms with Crippen molar-refractivity contribution in [2.45, 2.75) is 13.5 Å². The smallest absolute Gasteiger partial charge is 0.162 e. The molecule has 160 valence electrons. The van der Waals surface area contributed by atoms with E-state index in [1.54, 1.807) is 0 Å². The maximum atomic E-state index is 4.89. The molecule has 0 saturated carbocycles. The lowest BCUT2D eigenvalue weighted by molar-refractivity contribution is 1.09. The number of rotatable bonds is 6. The van der Waals surface area contributed by atoms with Gasteiger partial charge in [0.25, 0.3) is 0 Å². The van der Waals surface area contributed by atoms with Crippen molar-refractivity contribution in [2.75, 3.05) is 5.32 Å². The summed E-state index contributed by atoms with van der Waals surface area (Å²) in [6, 6.07) is 33.0. The molecule has 4 heteroatoms. The van der Waals surface area contributed by atoms with Crippen molar-refractivity contribution in [1.82, 2.24) is 15.0 Å². The molecule has 4 nitrogen and oxygen atoms in total. The number of aromatic nitrogens is 3. The van der Waals surface area contributed by atoms with Gasteiger partial charge in [-0.25, -0.2) is 9.97 Å². The number of nitrogens with one attached hydrogen (secondary N) is 1. The average Bonchev–Trinajstić information content (AvgIpc) is 2.89. The van der Waals surface area contributed by atoms with Gasteiger partial charge in [-0.2, -0.15) is 0 Å². The van der Waals surface area contributed by atoms with Crippen LogP contribution in [0.2, 0.25) is 0 Å². The zero-order valence-corrected chi connectivity index (χ0v) is 18.4. The molecule has 0 amide bonds. The van der Waals surface area contributed by atoms with Crippen molar-refractivity contribution in [2.24, 2.45) is 0 Å². The summed E-state index contributed by atoms with van der Waals surface area (Å²) in [5.41, 5.74) is 7.39. The second kappa shape index (κ2) is 9.45. The van der Waals surface area contributed by atoms with Crippen LogP contribution < -0.4 is 5.32 Å². The first-order valence-electron chi connectivity index (χ1n) is 11.0. The van der Waals surface area contributed by atoms with Gasteiger partial charge in [-0.3, -0.25) is 4.98 Å². The molecule has 0 fully saturated rings. The van der Waals surface area contributed by atoms with Crippen LogP contribution >= 0.6 is 0 Å². The van der Waals surface area contributed by atoms with Crippen LogP contribution in [0.25, 0.3) is 33.8 Å². The van der Waals surface area contributed by atoms with Crippen LogP contribution in [-0.4, -0.2) is 15.0 Å². The van der Waals surface area contributed by atoms with Gasteiger partial charge in [0.05, 0.1) is 5.69 Å². The lowest BCUT2D eigenvalue weighted by Crippen LogP contribution is -2.04. The van der Waals surface area contributed by atoms with E-state index in [9.17, 15) is 0 Å². The van der Waals surface area contributed by atoms with Crippen molar-refractivity contribution >= 4 is 5.82 Å². The first kappa shape index (κ1) is 20.6. The minimum Gasteiger partial charge on any atom is -0.366 e. The second-order valence-corrected chi connectivity index (χ2v) is 8.00. The molecule has 1 N–H and O–H groups in total. The number of nitrogens with zero attached hydrogens (tertiary/aromatic N) is 3. The molecule has 5 rings (SSSR count). The second-order valence-electron chi connectivity index (χ2n) is 8.00. The van der Waals surface area contributed by atoms with E-state index in [0.29, 0.717) is 12.4 Å². The van der Waals surface area contributed by atoms with Gasteiger partial charge in [0.2, 0.25) is 0 Å². The lowest BCUT2D eigenvalue weighted by Gasteiger charge is -2.11. The van der Waals surface area contributed by atoms with E-state index < -0.39 is 0 Å². The molecule has 3 aromatic carbocycles. The molecule has 2 heterocycles. The summed E-state index contributed by atoms with van der Waals surface area (Å²) in [7, 11) is 0. The third kappa shape index (κ3) is 4.96. The molecule has 2 aromatic heterocycles. The predicted molar refractivity (Wildman–Crippen MR) is 135 cm³/mol. The molecule has 0 aliphatic carbocycles. The highest BCUT2D eigenvalue weighted by molar-refractivity contribution is 5.72. The molecule has 0 unspecified atom stereocenters. The summed E-state index contributed by atoms with van der Waals surface area (Å²) >= 11 is 0. The lowest BCUT2D eigenvalue weighted by atomic mass is 10.0. The predicted octanol–water partition coefficient (Wildman–Crippen LogP) is 6.79. The van der Waals surface area contributed by atoms with Crippen molar-refractivity contribution in [3.8, 4) is 33.8 Å². The van der Waals surface area contributed by atoms with Gasteiger partial charge in [-0.15, -0.1) is 0 Å². The first-order chi connectivity index (χ1) is 16.2. The fraction of sp³-hybridized carbons (Fsp3) is 0.0690. The number of benzene rings is 3. The summed E-state index contributed by atoms with van der Waals surface area (Å²) in [5, 5.41) is 3.46. The van der Waals surface area contributed by atoms with Gasteiger partial charge in [-0.05, 0) is 24.1 Å². The Labute approximate surface area is 194 Å². The van der Waals surface area contributed by atoms with E-state index >= 15 is 0 Å². The monoisotopic (exact) mass is 428 g/mol. The van der Waals surface area contributed by atoms with Crippen molar-refractivity contribution < 1.29 is 0 Å². The SMILES string of the molecule is Cc1ccc(-c2cncc(-c3cc(NCc4ccccc4)nc(-c4ccccc4)n3)c2)cc1. The van der Waals surface area contributed by atoms with Gasteiger partial charge in [-0.1, -0.05) is 90.5 Å². The van der Waals surface area contributed by atoms with Crippen molar-refractivity contribution in [1.29, 1.82) is 0 Å². The highest BCUT2D eigenvalue weighted by atomic mass is 15.0. The maximum Gasteiger partial charge on any atom is 0.162 e. The van der Waals surface area contributed by atoms with Crippen molar-refractivity contribution in [3.05, 3.63) is 121 Å². The first-order valence-corrected chi connectivity index (χ1v) is 11.0. The van der Waals surface area contributed by atoms with Gasteiger partial charge in [0.1, 0.15) is 5.82 Å². The Morgan fingerprint density at radius 1 is 0.636 bits per heavy atom. The van der Waals surface area contributed by atoms with Crippen LogP contribution in [0.5, 0.6) is 0 Å². The molecule has 0 atom stereocenters. The van der Waals surface area contributed by atoms with Crippen LogP contribution in [0.15, 0.2) is 109 Å². The third-order valence-corrected chi connectivity index (χ3v) is 5.49. The van der Waals surface area contributed by atoms with Crippen LogP contribution in [0, 0.1) is 6.92 Å². The fourth-order valence-electron chi connectivity index (χ4n) is 3.67. The molecule has 0 aliphatic rings. The molecular weight excluding hydrogens is 404 g/mol. The minimum absolute atomic E-state index is 0.685. The third-order valence-electron chi connectivity index (χ3n) is 5.49. The summed E-state index contributed by atoms with van der Waals surface area (Å²) < 4.78 is 0. The van der Waals surface area contributed by atoms with E-state index in [4.69, 9.17) is 9.97 Å². The van der Waals surface area contributed by atoms with Gasteiger partial charge < -0.3 is 5.32 Å². The largest absolute Gasteiger partial charge is 0.366 e. The number of hydrogen-bond acceptors (Lipinski definition) is 4. The number of pyridine rings is 1. The number of aryl methyl sites for hydroxylation is 1. The summed E-state index contributed by atoms with van der Waals surface area (Å²) in [4.78, 5) is 14.2. The van der Waals surface area contributed by atoms with E-state index in [2.05, 4.69) is 59.7 Å². The van der Waals surface area contributed by atoms with Gasteiger partial charge >= 0.3 is 0 Å². The Morgan fingerprint density at radius 3 is 2.09 bits per heavy atom. The molecule has 0 saturated heterocycles. The molecular formula is C29H24N4. The summed E-state index contributed by atoms with van der Waals surface area (Å²) in [5.74, 6) is 1.47. The highest BCUT2D eigenvalue weighted by Crippen LogP contribution is 2.28. The Bertz CT molecular complexity index is 1350. The Kier molecular flexibility index (Phi) is 5.89. The van der Waals surface area contributed by atoms with Crippen molar-refractivity contribution in [3.63, 3.8) is 0 Å². The standard InChI is InChI=1S/C29H24N4/c1-21-12-14-23(15-13-21)25-16-26(20-30-19-25)27-17-28(31-18-22-8-4-2-5-9-22)33-29(32-27)24-10-6-3-7-11-24/h2-17,19-20H,18H2,1H3,(H,31,32,33). The fourth-order valence-corrected chi connectivity index (χ4v) is 3.67. The molecule has 0 spiro atoms. The van der Waals surface area contributed by atoms with Gasteiger partial charge in [0.15, 0.2) is 5.82 Å². The topological polar surface area (TPSA) is 50.7 Å². The molecule has 33 heavy (non-hydrogen) atoms. The zero-order chi connectivity index (χ0) is 22.5. The molecule has 0 aliphatic heterocycles. The van der Waals surface area contributed by atoms with Crippen LogP contribution in [0.4, 0.5) is 5.82 Å². The Morgan fingerprint density at radius 2 is 1.33 bits per heavy atom. The van der Waals surface area contributed by atoms with E-state index in [1.807, 2.05) is 67.0 Å². The maximum absolute atomic E-state index is 4.89. The quantitative estimate of drug-likeness (QED) is 0.323. The van der Waals surface area contributed by atoms with E-state index in [0.717, 1.165) is 33.8 Å². The summed E-state index contributed by atoms with van der Waals surface area (Å²) in [6.45, 7) is 2.78. The van der Waals surface area contributed by atoms with Crippen LogP contribution in [0.1, 0.15) is 11.1 Å². The number of hydrogen-bond donors (Lipinski definition) is 1. The highest BCUT2D eigenvalue weighted by Gasteiger charge is 2.10. The molecule has 0 bridgehead atoms. The minimum atomic E-state index is 0.685. The Balaban J connectivity index is 1.53. The number of anilines is 1. The van der Waals surface area contributed by atoms with Crippen LogP contribution in [-0.2, 0) is 6.54 Å². The molecule has 5 aromatic rings.